The Balaban J connectivity index is 1.37. The molecule has 5 rings (SSSR count). The van der Waals surface area contributed by atoms with Gasteiger partial charge in [0.15, 0.2) is 11.5 Å². The summed E-state index contributed by atoms with van der Waals surface area (Å²) in [5.74, 6) is 0.961. The van der Waals surface area contributed by atoms with Crippen molar-refractivity contribution in [2.75, 3.05) is 39.3 Å². The number of halogens is 2. The Morgan fingerprint density at radius 2 is 1.86 bits per heavy atom. The van der Waals surface area contributed by atoms with Crippen LogP contribution >= 0.6 is 11.6 Å². The van der Waals surface area contributed by atoms with Gasteiger partial charge in [0.1, 0.15) is 5.82 Å². The second-order valence-corrected chi connectivity index (χ2v) is 10.7. The second-order valence-electron chi connectivity index (χ2n) is 10.3. The van der Waals surface area contributed by atoms with Gasteiger partial charge >= 0.3 is 6.03 Å². The van der Waals surface area contributed by atoms with E-state index >= 15 is 0 Å². The van der Waals surface area contributed by atoms with Crippen molar-refractivity contribution in [3.8, 4) is 11.5 Å². The standard InChI is InChI=1S/C28H35ClFN3O4/c1-35-24-6-3-18(15-25(24)36-2)28-10-7-20(32-27(34)31-19-4-5-23(30)22(29)16-19)17-26(28)33(12-11-28)21-8-13-37-14-9-21/h3-6,15-16,20-21,26H,7-14,17H2,1-2H3,(H2,31,32,34). The van der Waals surface area contributed by atoms with Crippen LogP contribution in [0, 0.1) is 5.82 Å². The normalized spacial score (nSPS) is 26.4. The SMILES string of the molecule is COc1ccc(C23CCC(NC(=O)Nc4ccc(F)c(Cl)c4)CC2N(C2CCOCC2)CC3)cc1OC. The quantitative estimate of drug-likeness (QED) is 0.525. The highest BCUT2D eigenvalue weighted by Gasteiger charge is 2.53. The summed E-state index contributed by atoms with van der Waals surface area (Å²) in [5.41, 5.74) is 1.72. The number of hydrogen-bond acceptors (Lipinski definition) is 5. The average Bonchev–Trinajstić information content (AvgIpc) is 3.30. The van der Waals surface area contributed by atoms with Crippen molar-refractivity contribution in [2.24, 2.45) is 0 Å². The van der Waals surface area contributed by atoms with E-state index < -0.39 is 5.82 Å². The van der Waals surface area contributed by atoms with Crippen LogP contribution in [-0.2, 0) is 10.2 Å². The fraction of sp³-hybridized carbons (Fsp3) is 0.536. The maximum atomic E-state index is 13.5. The molecular weight excluding hydrogens is 497 g/mol. The highest BCUT2D eigenvalue weighted by Crippen LogP contribution is 2.51. The first-order chi connectivity index (χ1) is 17.9. The Labute approximate surface area is 222 Å². The zero-order chi connectivity index (χ0) is 26.0. The van der Waals surface area contributed by atoms with Crippen LogP contribution in [0.25, 0.3) is 0 Å². The van der Waals surface area contributed by atoms with Gasteiger partial charge in [-0.2, -0.15) is 0 Å². The Morgan fingerprint density at radius 1 is 1.08 bits per heavy atom. The van der Waals surface area contributed by atoms with E-state index in [0.29, 0.717) is 11.7 Å². The molecule has 2 heterocycles. The molecule has 7 nitrogen and oxygen atoms in total. The van der Waals surface area contributed by atoms with Gasteiger partial charge in [-0.25, -0.2) is 9.18 Å². The molecule has 2 amide bonds. The molecule has 2 aromatic rings. The van der Waals surface area contributed by atoms with Gasteiger partial charge in [0.25, 0.3) is 0 Å². The van der Waals surface area contributed by atoms with Gasteiger partial charge in [0.05, 0.1) is 19.2 Å². The monoisotopic (exact) mass is 531 g/mol. The first-order valence-corrected chi connectivity index (χ1v) is 13.4. The maximum Gasteiger partial charge on any atom is 0.319 e. The number of benzene rings is 2. The van der Waals surface area contributed by atoms with Crippen LogP contribution in [0.5, 0.6) is 11.5 Å². The minimum Gasteiger partial charge on any atom is -0.493 e. The lowest BCUT2D eigenvalue weighted by Gasteiger charge is -2.47. The van der Waals surface area contributed by atoms with Gasteiger partial charge < -0.3 is 24.8 Å². The highest BCUT2D eigenvalue weighted by atomic mass is 35.5. The van der Waals surface area contributed by atoms with Crippen molar-refractivity contribution in [1.82, 2.24) is 10.2 Å². The lowest BCUT2D eigenvalue weighted by molar-refractivity contribution is 0.0143. The second kappa shape index (κ2) is 11.1. The van der Waals surface area contributed by atoms with E-state index in [-0.39, 0.29) is 28.6 Å². The van der Waals surface area contributed by atoms with Gasteiger partial charge in [-0.15, -0.1) is 0 Å². The van der Waals surface area contributed by atoms with Crippen molar-refractivity contribution in [1.29, 1.82) is 0 Å². The zero-order valence-electron chi connectivity index (χ0n) is 21.4. The lowest BCUT2D eigenvalue weighted by Crippen LogP contribution is -2.55. The first kappa shape index (κ1) is 26.1. The summed E-state index contributed by atoms with van der Waals surface area (Å²) >= 11 is 5.88. The van der Waals surface area contributed by atoms with E-state index in [1.54, 1.807) is 14.2 Å². The van der Waals surface area contributed by atoms with Crippen LogP contribution in [0.1, 0.15) is 44.1 Å². The van der Waals surface area contributed by atoms with Crippen molar-refractivity contribution in [3.05, 3.63) is 52.8 Å². The molecule has 200 valence electrons. The maximum absolute atomic E-state index is 13.5. The third kappa shape index (κ3) is 5.24. The Morgan fingerprint density at radius 3 is 2.59 bits per heavy atom. The Bertz CT molecular complexity index is 1130. The van der Waals surface area contributed by atoms with Crippen LogP contribution in [0.3, 0.4) is 0 Å². The summed E-state index contributed by atoms with van der Waals surface area (Å²) in [7, 11) is 3.33. The van der Waals surface area contributed by atoms with E-state index in [0.717, 1.165) is 69.8 Å². The summed E-state index contributed by atoms with van der Waals surface area (Å²) in [4.78, 5) is 15.5. The van der Waals surface area contributed by atoms with E-state index in [1.165, 1.54) is 23.8 Å². The predicted octanol–water partition coefficient (Wildman–Crippen LogP) is 5.36. The minimum atomic E-state index is -0.513. The summed E-state index contributed by atoms with van der Waals surface area (Å²) < 4.78 is 30.3. The predicted molar refractivity (Wildman–Crippen MR) is 141 cm³/mol. The van der Waals surface area contributed by atoms with E-state index in [2.05, 4.69) is 27.7 Å². The van der Waals surface area contributed by atoms with Gasteiger partial charge in [-0.05, 0) is 81.0 Å². The highest BCUT2D eigenvalue weighted by molar-refractivity contribution is 6.31. The summed E-state index contributed by atoms with van der Waals surface area (Å²) in [6.45, 7) is 2.61. The summed E-state index contributed by atoms with van der Waals surface area (Å²) in [5, 5.41) is 5.94. The number of ether oxygens (including phenoxy) is 3. The van der Waals surface area contributed by atoms with Crippen LogP contribution in [-0.4, -0.2) is 63.0 Å². The molecule has 3 aliphatic rings. The molecule has 2 aromatic carbocycles. The van der Waals surface area contributed by atoms with Gasteiger partial charge in [0, 0.05) is 42.4 Å². The zero-order valence-corrected chi connectivity index (χ0v) is 22.2. The summed E-state index contributed by atoms with van der Waals surface area (Å²) in [6, 6.07) is 11.0. The van der Waals surface area contributed by atoms with Crippen LogP contribution in [0.15, 0.2) is 36.4 Å². The molecule has 1 saturated carbocycles. The van der Waals surface area contributed by atoms with Crippen molar-refractivity contribution in [3.63, 3.8) is 0 Å². The topological polar surface area (TPSA) is 72.1 Å². The molecule has 3 unspecified atom stereocenters. The Kier molecular flexibility index (Phi) is 7.79. The third-order valence-electron chi connectivity index (χ3n) is 8.43. The number of carbonyl (C=O) groups excluding carboxylic acids is 1. The number of hydrogen-bond donors (Lipinski definition) is 2. The lowest BCUT2D eigenvalue weighted by atomic mass is 9.65. The molecule has 0 aromatic heterocycles. The number of fused-ring (bicyclic) bond motifs is 1. The molecule has 2 N–H and O–H groups in total. The molecule has 2 aliphatic heterocycles. The largest absolute Gasteiger partial charge is 0.493 e. The number of amides is 2. The molecule has 9 heteroatoms. The fourth-order valence-electron chi connectivity index (χ4n) is 6.58. The number of nitrogens with one attached hydrogen (secondary N) is 2. The smallest absolute Gasteiger partial charge is 0.319 e. The number of urea groups is 1. The van der Waals surface area contributed by atoms with E-state index in [4.69, 9.17) is 25.8 Å². The third-order valence-corrected chi connectivity index (χ3v) is 8.72. The van der Waals surface area contributed by atoms with E-state index in [1.807, 2.05) is 6.07 Å². The minimum absolute atomic E-state index is 0.0169. The average molecular weight is 532 g/mol. The Hall–Kier alpha value is -2.55. The molecule has 3 atom stereocenters. The van der Waals surface area contributed by atoms with Gasteiger partial charge in [-0.1, -0.05) is 17.7 Å². The summed E-state index contributed by atoms with van der Waals surface area (Å²) in [6.07, 6.45) is 5.80. The number of anilines is 1. The molecule has 0 radical (unpaired) electrons. The molecule has 1 aliphatic carbocycles. The van der Waals surface area contributed by atoms with Gasteiger partial charge in [-0.3, -0.25) is 4.90 Å². The number of nitrogens with zero attached hydrogens (tertiary/aromatic N) is 1. The number of likely N-dealkylation sites (tertiary alicyclic amines) is 1. The van der Waals surface area contributed by atoms with Crippen LogP contribution < -0.4 is 20.1 Å². The van der Waals surface area contributed by atoms with Crippen molar-refractivity contribution < 1.29 is 23.4 Å². The van der Waals surface area contributed by atoms with Crippen molar-refractivity contribution >= 4 is 23.3 Å². The van der Waals surface area contributed by atoms with Crippen molar-refractivity contribution in [2.45, 2.75) is 62.1 Å². The molecule has 0 bridgehead atoms. The fourth-order valence-corrected chi connectivity index (χ4v) is 6.76. The number of rotatable bonds is 6. The molecule has 2 saturated heterocycles. The number of carbonyl (C=O) groups is 1. The molecule has 3 fully saturated rings. The van der Waals surface area contributed by atoms with Crippen LogP contribution in [0.2, 0.25) is 5.02 Å². The first-order valence-electron chi connectivity index (χ1n) is 13.0. The molecule has 37 heavy (non-hydrogen) atoms. The molecular formula is C28H35ClFN3O4. The number of methoxy groups -OCH3 is 2. The molecule has 0 spiro atoms. The van der Waals surface area contributed by atoms with Gasteiger partial charge in [0.2, 0.25) is 0 Å². The van der Waals surface area contributed by atoms with E-state index in [9.17, 15) is 9.18 Å². The van der Waals surface area contributed by atoms with Crippen LogP contribution in [0.4, 0.5) is 14.9 Å².